The lowest BCUT2D eigenvalue weighted by Gasteiger charge is -2.40. The van der Waals surface area contributed by atoms with Gasteiger partial charge in [-0.2, -0.15) is 4.31 Å². The number of halogens is 1. The van der Waals surface area contributed by atoms with Gasteiger partial charge in [0.25, 0.3) is 10.0 Å². The quantitative estimate of drug-likeness (QED) is 0.396. The van der Waals surface area contributed by atoms with E-state index in [2.05, 4.69) is 6.58 Å². The van der Waals surface area contributed by atoms with Crippen LogP contribution in [-0.2, 0) is 27.8 Å². The van der Waals surface area contributed by atoms with Crippen molar-refractivity contribution in [2.45, 2.75) is 43.0 Å². The highest BCUT2D eigenvalue weighted by molar-refractivity contribution is 7.91. The zero-order chi connectivity index (χ0) is 24.0. The number of anilines is 1. The largest absolute Gasteiger partial charge is 0.444 e. The summed E-state index contributed by atoms with van der Waals surface area (Å²) in [7, 11) is -3.65. The second-order valence-electron chi connectivity index (χ2n) is 8.63. The fourth-order valence-electron chi connectivity index (χ4n) is 4.90. The summed E-state index contributed by atoms with van der Waals surface area (Å²) in [4.78, 5) is 14.6. The summed E-state index contributed by atoms with van der Waals surface area (Å²) in [6.07, 6.45) is 3.17. The number of carbonyl (C=O) groups excluding carboxylic acids is 1. The van der Waals surface area contributed by atoms with Crippen LogP contribution in [0.1, 0.15) is 29.5 Å². The first kappa shape index (κ1) is 23.4. The SMILES string of the molecule is C=CCc1cccc2c1N(C1CCN(S(=O)(=O)c3sc4ccc(Cl)cc4c3C)CC1)C(=O)OC2. The number of rotatable bonds is 5. The van der Waals surface area contributed by atoms with Gasteiger partial charge in [0.15, 0.2) is 0 Å². The third-order valence-corrected chi connectivity index (χ3v) is 10.6. The molecule has 34 heavy (non-hydrogen) atoms. The van der Waals surface area contributed by atoms with E-state index in [1.165, 1.54) is 15.6 Å². The number of carbonyl (C=O) groups is 1. The number of nitrogens with zero attached hydrogens (tertiary/aromatic N) is 2. The summed E-state index contributed by atoms with van der Waals surface area (Å²) in [6.45, 7) is 6.59. The van der Waals surface area contributed by atoms with E-state index in [0.29, 0.717) is 41.6 Å². The summed E-state index contributed by atoms with van der Waals surface area (Å²) >= 11 is 7.41. The molecule has 0 N–H and O–H groups in total. The van der Waals surface area contributed by atoms with Crippen molar-refractivity contribution >= 4 is 54.8 Å². The number of ether oxygens (including phenoxy) is 1. The first-order valence-electron chi connectivity index (χ1n) is 11.2. The third-order valence-electron chi connectivity index (χ3n) is 6.57. The minimum Gasteiger partial charge on any atom is -0.444 e. The molecule has 0 saturated carbocycles. The van der Waals surface area contributed by atoms with Crippen molar-refractivity contribution in [3.63, 3.8) is 0 Å². The van der Waals surface area contributed by atoms with Crippen molar-refractivity contribution in [3.05, 3.63) is 70.8 Å². The molecule has 1 saturated heterocycles. The number of fused-ring (bicyclic) bond motifs is 2. The molecule has 0 aliphatic carbocycles. The van der Waals surface area contributed by atoms with E-state index in [0.717, 1.165) is 32.5 Å². The van der Waals surface area contributed by atoms with Crippen LogP contribution in [-0.4, -0.2) is 37.9 Å². The van der Waals surface area contributed by atoms with Gasteiger partial charge in [0, 0.05) is 34.4 Å². The number of benzene rings is 2. The average Bonchev–Trinajstić information content (AvgIpc) is 3.16. The maximum absolute atomic E-state index is 13.5. The monoisotopic (exact) mass is 516 g/mol. The summed E-state index contributed by atoms with van der Waals surface area (Å²) < 4.78 is 35.3. The standard InChI is InChI=1S/C25H25ClN2O4S2/c1-3-5-17-6-4-7-18-15-32-25(29)28(23(17)18)20-10-12-27(13-11-20)34(30,31)24-16(2)21-14-19(26)8-9-22(21)33-24/h3-4,6-9,14,20H,1,5,10-13,15H2,2H3. The molecule has 3 aromatic rings. The first-order chi connectivity index (χ1) is 16.3. The number of thiophene rings is 1. The second kappa shape index (κ2) is 9.00. The van der Waals surface area contributed by atoms with Crippen molar-refractivity contribution in [3.8, 4) is 0 Å². The van der Waals surface area contributed by atoms with Crippen LogP contribution in [0.3, 0.4) is 0 Å². The summed E-state index contributed by atoms with van der Waals surface area (Å²) in [5.74, 6) is 0. The van der Waals surface area contributed by atoms with E-state index in [1.54, 1.807) is 11.0 Å². The van der Waals surface area contributed by atoms with Crippen LogP contribution < -0.4 is 4.90 Å². The van der Waals surface area contributed by atoms with E-state index < -0.39 is 10.0 Å². The molecule has 0 atom stereocenters. The average molecular weight is 517 g/mol. The van der Waals surface area contributed by atoms with Crippen LogP contribution >= 0.6 is 22.9 Å². The minimum atomic E-state index is -3.65. The van der Waals surface area contributed by atoms with E-state index in [4.69, 9.17) is 16.3 Å². The molecule has 1 fully saturated rings. The van der Waals surface area contributed by atoms with Crippen LogP contribution in [0.4, 0.5) is 10.5 Å². The van der Waals surface area contributed by atoms with Crippen molar-refractivity contribution in [1.82, 2.24) is 4.31 Å². The van der Waals surface area contributed by atoms with Crippen molar-refractivity contribution < 1.29 is 17.9 Å². The molecule has 1 aromatic heterocycles. The Labute approximate surface area is 208 Å². The van der Waals surface area contributed by atoms with Gasteiger partial charge in [0.05, 0.1) is 5.69 Å². The third kappa shape index (κ3) is 3.92. The Hall–Kier alpha value is -2.39. The Balaban J connectivity index is 1.40. The lowest BCUT2D eigenvalue weighted by atomic mass is 9.98. The van der Waals surface area contributed by atoms with Gasteiger partial charge in [-0.05, 0) is 60.9 Å². The zero-order valence-corrected chi connectivity index (χ0v) is 21.2. The number of piperidine rings is 1. The topological polar surface area (TPSA) is 66.9 Å². The predicted octanol–water partition coefficient (Wildman–Crippen LogP) is 5.90. The summed E-state index contributed by atoms with van der Waals surface area (Å²) in [5, 5.41) is 1.45. The number of amides is 1. The minimum absolute atomic E-state index is 0.133. The fourth-order valence-corrected chi connectivity index (χ4v) is 8.42. The lowest BCUT2D eigenvalue weighted by molar-refractivity contribution is 0.135. The molecule has 0 radical (unpaired) electrons. The van der Waals surface area contributed by atoms with E-state index in [1.807, 2.05) is 43.3 Å². The predicted molar refractivity (Wildman–Crippen MR) is 136 cm³/mol. The van der Waals surface area contributed by atoms with Crippen LogP contribution in [0.5, 0.6) is 0 Å². The smallest absolute Gasteiger partial charge is 0.414 e. The maximum Gasteiger partial charge on any atom is 0.414 e. The molecule has 6 nitrogen and oxygen atoms in total. The highest BCUT2D eigenvalue weighted by Crippen LogP contribution is 2.39. The first-order valence-corrected chi connectivity index (χ1v) is 13.8. The Morgan fingerprint density at radius 3 is 2.74 bits per heavy atom. The van der Waals surface area contributed by atoms with Gasteiger partial charge < -0.3 is 4.74 Å². The molecule has 9 heteroatoms. The number of allylic oxidation sites excluding steroid dienone is 1. The molecule has 0 spiro atoms. The Morgan fingerprint density at radius 1 is 1.24 bits per heavy atom. The molecular weight excluding hydrogens is 492 g/mol. The molecule has 0 unspecified atom stereocenters. The molecule has 0 bridgehead atoms. The number of cyclic esters (lactones) is 1. The van der Waals surface area contributed by atoms with Gasteiger partial charge in [-0.1, -0.05) is 35.9 Å². The summed E-state index contributed by atoms with van der Waals surface area (Å²) in [5.41, 5.74) is 3.61. The lowest BCUT2D eigenvalue weighted by Crippen LogP contribution is -2.50. The van der Waals surface area contributed by atoms with Crippen LogP contribution in [0.15, 0.2) is 53.3 Å². The van der Waals surface area contributed by atoms with E-state index in [-0.39, 0.29) is 18.7 Å². The molecule has 3 heterocycles. The number of hydrogen-bond donors (Lipinski definition) is 0. The van der Waals surface area contributed by atoms with E-state index >= 15 is 0 Å². The van der Waals surface area contributed by atoms with Crippen LogP contribution in [0, 0.1) is 6.92 Å². The van der Waals surface area contributed by atoms with Gasteiger partial charge in [0.2, 0.25) is 0 Å². The second-order valence-corrected chi connectivity index (χ2v) is 12.3. The van der Waals surface area contributed by atoms with Gasteiger partial charge in [0.1, 0.15) is 10.8 Å². The normalized spacial score (nSPS) is 17.6. The summed E-state index contributed by atoms with van der Waals surface area (Å²) in [6, 6.07) is 11.3. The maximum atomic E-state index is 13.5. The molecule has 178 valence electrons. The molecule has 1 amide bonds. The Morgan fingerprint density at radius 2 is 2.00 bits per heavy atom. The fraction of sp³-hybridized carbons (Fsp3) is 0.320. The van der Waals surface area contributed by atoms with Crippen molar-refractivity contribution in [2.24, 2.45) is 0 Å². The van der Waals surface area contributed by atoms with Crippen LogP contribution in [0.25, 0.3) is 10.1 Å². The molecular formula is C25H25ClN2O4S2. The van der Waals surface area contributed by atoms with Crippen LogP contribution in [0.2, 0.25) is 5.02 Å². The highest BCUT2D eigenvalue weighted by atomic mass is 35.5. The van der Waals surface area contributed by atoms with Gasteiger partial charge in [-0.15, -0.1) is 17.9 Å². The number of sulfonamides is 1. The van der Waals surface area contributed by atoms with Gasteiger partial charge in [-0.3, -0.25) is 4.90 Å². The van der Waals surface area contributed by atoms with Crippen molar-refractivity contribution in [1.29, 1.82) is 0 Å². The molecule has 2 aliphatic rings. The molecule has 5 rings (SSSR count). The number of para-hydroxylation sites is 1. The van der Waals surface area contributed by atoms with Crippen molar-refractivity contribution in [2.75, 3.05) is 18.0 Å². The zero-order valence-electron chi connectivity index (χ0n) is 18.8. The van der Waals surface area contributed by atoms with Gasteiger partial charge >= 0.3 is 6.09 Å². The Kier molecular flexibility index (Phi) is 6.18. The highest BCUT2D eigenvalue weighted by Gasteiger charge is 2.38. The van der Waals surface area contributed by atoms with E-state index in [9.17, 15) is 13.2 Å². The number of aryl methyl sites for hydroxylation is 1. The molecule has 2 aromatic carbocycles. The number of hydrogen-bond acceptors (Lipinski definition) is 5. The molecule has 2 aliphatic heterocycles. The van der Waals surface area contributed by atoms with Gasteiger partial charge in [-0.25, -0.2) is 13.2 Å². The Bertz CT molecular complexity index is 1390.